The van der Waals surface area contributed by atoms with Gasteiger partial charge in [0.25, 0.3) is 5.91 Å². The average Bonchev–Trinajstić information content (AvgIpc) is 2.76. The molecule has 0 radical (unpaired) electrons. The molecule has 3 rings (SSSR count). The van der Waals surface area contributed by atoms with Crippen molar-refractivity contribution >= 4 is 17.5 Å². The summed E-state index contributed by atoms with van der Waals surface area (Å²) in [5, 5.41) is 8.69. The van der Waals surface area contributed by atoms with E-state index in [2.05, 4.69) is 33.8 Å². The van der Waals surface area contributed by atoms with Gasteiger partial charge in [0.2, 0.25) is 0 Å². The van der Waals surface area contributed by atoms with Crippen LogP contribution in [-0.4, -0.2) is 66.4 Å². The molecule has 0 saturated carbocycles. The van der Waals surface area contributed by atoms with Crippen LogP contribution in [0.25, 0.3) is 0 Å². The minimum Gasteiger partial charge on any atom is -0.478 e. The van der Waals surface area contributed by atoms with Crippen LogP contribution in [-0.2, 0) is 4.79 Å². The summed E-state index contributed by atoms with van der Waals surface area (Å²) in [6.45, 7) is 10.1. The van der Waals surface area contributed by atoms with Gasteiger partial charge in [-0.05, 0) is 45.0 Å². The van der Waals surface area contributed by atoms with E-state index in [1.54, 1.807) is 24.0 Å². The molecular weight excluding hydrogens is 373 g/mol. The number of hydrogen-bond donors (Lipinski definition) is 0. The lowest BCUT2D eigenvalue weighted by molar-refractivity contribution is -0.138. The zero-order valence-corrected chi connectivity index (χ0v) is 17.2. The molecule has 1 fully saturated rings. The van der Waals surface area contributed by atoms with Crippen molar-refractivity contribution < 1.29 is 13.9 Å². The second kappa shape index (κ2) is 9.54. The van der Waals surface area contributed by atoms with Gasteiger partial charge in [0, 0.05) is 39.3 Å². The lowest BCUT2D eigenvalue weighted by Gasteiger charge is -2.36. The van der Waals surface area contributed by atoms with E-state index in [0.717, 1.165) is 24.7 Å². The number of amides is 1. The average molecular weight is 401 g/mol. The molecule has 156 valence electrons. The Hall–Kier alpha value is -2.90. The van der Waals surface area contributed by atoms with Gasteiger partial charge in [-0.1, -0.05) is 12.1 Å². The van der Waals surface area contributed by atoms with Crippen LogP contribution < -0.4 is 14.5 Å². The number of ether oxygens (including phenoxy) is 1. The van der Waals surface area contributed by atoms with E-state index in [1.165, 1.54) is 12.1 Å². The monoisotopic (exact) mass is 401 g/mol. The quantitative estimate of drug-likeness (QED) is 0.711. The summed E-state index contributed by atoms with van der Waals surface area (Å²) < 4.78 is 19.3. The molecule has 1 aliphatic heterocycles. The first-order chi connectivity index (χ1) is 14.0. The molecule has 0 aliphatic carbocycles. The Morgan fingerprint density at radius 1 is 1.10 bits per heavy atom. The van der Waals surface area contributed by atoms with Crippen LogP contribution in [0.4, 0.5) is 16.0 Å². The lowest BCUT2D eigenvalue weighted by atomic mass is 10.2. The molecule has 0 spiro atoms. The van der Waals surface area contributed by atoms with Crippen molar-refractivity contribution in [3.8, 4) is 5.75 Å². The standard InChI is InChI=1S/C21H28FN5O2/c1-4-25(5-2)19-10-11-20(24-23-19)26-12-14-27(15-13-26)21(28)16(3)29-18-9-7-6-8-17(18)22/h6-11,16H,4-5,12-15H2,1-3H3. The van der Waals surface area contributed by atoms with Gasteiger partial charge >= 0.3 is 0 Å². The van der Waals surface area contributed by atoms with Crippen molar-refractivity contribution in [2.45, 2.75) is 26.9 Å². The highest BCUT2D eigenvalue weighted by Crippen LogP contribution is 2.19. The van der Waals surface area contributed by atoms with E-state index < -0.39 is 11.9 Å². The van der Waals surface area contributed by atoms with Crippen LogP contribution in [0.1, 0.15) is 20.8 Å². The Balaban J connectivity index is 1.54. The van der Waals surface area contributed by atoms with E-state index >= 15 is 0 Å². The SMILES string of the molecule is CCN(CC)c1ccc(N2CCN(C(=O)C(C)Oc3ccccc3F)CC2)nn1. The van der Waals surface area contributed by atoms with Crippen molar-refractivity contribution in [1.82, 2.24) is 15.1 Å². The number of rotatable bonds is 7. The van der Waals surface area contributed by atoms with Gasteiger partial charge in [0.05, 0.1) is 0 Å². The Labute approximate surface area is 171 Å². The molecular formula is C21H28FN5O2. The third-order valence-corrected chi connectivity index (χ3v) is 5.13. The van der Waals surface area contributed by atoms with Gasteiger partial charge in [-0.25, -0.2) is 4.39 Å². The second-order valence-electron chi connectivity index (χ2n) is 6.92. The predicted molar refractivity (Wildman–Crippen MR) is 111 cm³/mol. The van der Waals surface area contributed by atoms with Gasteiger partial charge in [-0.3, -0.25) is 4.79 Å². The molecule has 1 aromatic heterocycles. The summed E-state index contributed by atoms with van der Waals surface area (Å²) in [6.07, 6.45) is -0.744. The fraction of sp³-hybridized carbons (Fsp3) is 0.476. The molecule has 1 amide bonds. The fourth-order valence-electron chi connectivity index (χ4n) is 3.40. The molecule has 8 heteroatoms. The largest absolute Gasteiger partial charge is 0.478 e. The van der Waals surface area contributed by atoms with Crippen molar-refractivity contribution in [3.05, 3.63) is 42.2 Å². The Kier molecular flexibility index (Phi) is 6.85. The van der Waals surface area contributed by atoms with Crippen molar-refractivity contribution in [1.29, 1.82) is 0 Å². The number of aromatic nitrogens is 2. The van der Waals surface area contributed by atoms with Crippen molar-refractivity contribution in [2.24, 2.45) is 0 Å². The first-order valence-corrected chi connectivity index (χ1v) is 10.1. The number of halogens is 1. The van der Waals surface area contributed by atoms with E-state index in [4.69, 9.17) is 4.74 Å². The maximum atomic E-state index is 13.7. The molecule has 2 heterocycles. The zero-order chi connectivity index (χ0) is 20.8. The number of piperazine rings is 1. The molecule has 1 aliphatic rings. The highest BCUT2D eigenvalue weighted by molar-refractivity contribution is 5.81. The van der Waals surface area contributed by atoms with E-state index in [9.17, 15) is 9.18 Å². The van der Waals surface area contributed by atoms with E-state index in [-0.39, 0.29) is 11.7 Å². The number of nitrogens with zero attached hydrogens (tertiary/aromatic N) is 5. The molecule has 0 N–H and O–H groups in total. The summed E-state index contributed by atoms with van der Waals surface area (Å²) in [6, 6.07) is 10.1. The zero-order valence-electron chi connectivity index (χ0n) is 17.2. The molecule has 0 bridgehead atoms. The van der Waals surface area contributed by atoms with Crippen LogP contribution >= 0.6 is 0 Å². The van der Waals surface area contributed by atoms with Gasteiger partial charge in [0.1, 0.15) is 0 Å². The van der Waals surface area contributed by atoms with Gasteiger partial charge in [-0.15, -0.1) is 10.2 Å². The van der Waals surface area contributed by atoms with Gasteiger partial charge in [-0.2, -0.15) is 0 Å². The predicted octanol–water partition coefficient (Wildman–Crippen LogP) is 2.58. The Bertz CT molecular complexity index is 805. The second-order valence-corrected chi connectivity index (χ2v) is 6.92. The van der Waals surface area contributed by atoms with Gasteiger partial charge < -0.3 is 19.4 Å². The van der Waals surface area contributed by atoms with Crippen LogP contribution in [0.2, 0.25) is 0 Å². The molecule has 1 unspecified atom stereocenters. The van der Waals surface area contributed by atoms with E-state index in [1.807, 2.05) is 12.1 Å². The van der Waals surface area contributed by atoms with Crippen LogP contribution in [0.5, 0.6) is 5.75 Å². The Morgan fingerprint density at radius 2 is 1.79 bits per heavy atom. The number of para-hydroxylation sites is 1. The minimum absolute atomic E-state index is 0.0931. The highest BCUT2D eigenvalue weighted by Gasteiger charge is 2.27. The fourth-order valence-corrected chi connectivity index (χ4v) is 3.40. The highest BCUT2D eigenvalue weighted by atomic mass is 19.1. The third-order valence-electron chi connectivity index (χ3n) is 5.13. The van der Waals surface area contributed by atoms with Crippen LogP contribution in [0.15, 0.2) is 36.4 Å². The Morgan fingerprint density at radius 3 is 2.38 bits per heavy atom. The van der Waals surface area contributed by atoms with Crippen molar-refractivity contribution in [3.63, 3.8) is 0 Å². The van der Waals surface area contributed by atoms with E-state index in [0.29, 0.717) is 26.2 Å². The minimum atomic E-state index is -0.744. The van der Waals surface area contributed by atoms with Crippen molar-refractivity contribution in [2.75, 3.05) is 49.1 Å². The van der Waals surface area contributed by atoms with Gasteiger partial charge in [0.15, 0.2) is 29.3 Å². The van der Waals surface area contributed by atoms with Crippen LogP contribution in [0, 0.1) is 5.82 Å². The first-order valence-electron chi connectivity index (χ1n) is 10.1. The number of hydrogen-bond acceptors (Lipinski definition) is 6. The molecule has 1 atom stereocenters. The van der Waals surface area contributed by atoms with Crippen LogP contribution in [0.3, 0.4) is 0 Å². The maximum absolute atomic E-state index is 13.7. The summed E-state index contributed by atoms with van der Waals surface area (Å²) in [5.41, 5.74) is 0. The number of carbonyl (C=O) groups is 1. The number of anilines is 2. The first kappa shape index (κ1) is 20.8. The smallest absolute Gasteiger partial charge is 0.263 e. The molecule has 7 nitrogen and oxygen atoms in total. The maximum Gasteiger partial charge on any atom is 0.263 e. The molecule has 1 aromatic carbocycles. The normalized spacial score (nSPS) is 15.2. The molecule has 2 aromatic rings. The third kappa shape index (κ3) is 4.93. The number of benzene rings is 1. The molecule has 1 saturated heterocycles. The summed E-state index contributed by atoms with van der Waals surface area (Å²) in [7, 11) is 0. The number of carbonyl (C=O) groups excluding carboxylic acids is 1. The summed E-state index contributed by atoms with van der Waals surface area (Å²) in [4.78, 5) is 18.7. The summed E-state index contributed by atoms with van der Waals surface area (Å²) >= 11 is 0. The lowest BCUT2D eigenvalue weighted by Crippen LogP contribution is -2.52. The summed E-state index contributed by atoms with van der Waals surface area (Å²) in [5.74, 6) is 1.16. The molecule has 29 heavy (non-hydrogen) atoms. The topological polar surface area (TPSA) is 61.8 Å².